The quantitative estimate of drug-likeness (QED) is 0.849. The number of anilines is 1. The monoisotopic (exact) mass is 305 g/mol. The van der Waals surface area contributed by atoms with E-state index in [9.17, 15) is 13.2 Å². The van der Waals surface area contributed by atoms with Crippen molar-refractivity contribution in [2.24, 2.45) is 5.92 Å². The molecule has 1 aromatic carbocycles. The highest BCUT2D eigenvalue weighted by molar-refractivity contribution is 8.13. The Balaban J connectivity index is 3.05. The first kappa shape index (κ1) is 15.8. The van der Waals surface area contributed by atoms with E-state index in [1.807, 2.05) is 13.8 Å². The molecular formula is C12H16ClNO4S. The van der Waals surface area contributed by atoms with E-state index < -0.39 is 9.05 Å². The summed E-state index contributed by atoms with van der Waals surface area (Å²) >= 11 is 0. The van der Waals surface area contributed by atoms with Crippen LogP contribution < -0.4 is 10.1 Å². The van der Waals surface area contributed by atoms with Crippen molar-refractivity contribution in [3.05, 3.63) is 18.2 Å². The number of rotatable bonds is 5. The maximum atomic E-state index is 11.7. The molecule has 0 fully saturated rings. The fraction of sp³-hybridized carbons (Fsp3) is 0.417. The molecule has 0 aliphatic heterocycles. The van der Waals surface area contributed by atoms with E-state index in [-0.39, 0.29) is 22.5 Å². The van der Waals surface area contributed by atoms with Crippen LogP contribution in [0.1, 0.15) is 20.3 Å². The fourth-order valence-corrected chi connectivity index (χ4v) is 2.39. The van der Waals surface area contributed by atoms with Gasteiger partial charge in [-0.3, -0.25) is 4.79 Å². The van der Waals surface area contributed by atoms with Gasteiger partial charge < -0.3 is 10.1 Å². The van der Waals surface area contributed by atoms with Gasteiger partial charge in [0.2, 0.25) is 5.91 Å². The standard InChI is InChI=1S/C12H16ClNO4S/c1-4-8(2)12(15)14-9-5-6-11(19(13,16)17)10(7-9)18-3/h5-8H,4H2,1-3H3,(H,14,15). The van der Waals surface area contributed by atoms with Crippen LogP contribution in [0.5, 0.6) is 5.75 Å². The second kappa shape index (κ2) is 6.25. The van der Waals surface area contributed by atoms with Gasteiger partial charge in [-0.1, -0.05) is 13.8 Å². The molecule has 1 amide bonds. The van der Waals surface area contributed by atoms with Crippen LogP contribution in [0, 0.1) is 5.92 Å². The summed E-state index contributed by atoms with van der Waals surface area (Å²) in [5, 5.41) is 2.69. The second-order valence-electron chi connectivity index (χ2n) is 4.10. The fourth-order valence-electron chi connectivity index (χ4n) is 1.40. The number of amides is 1. The highest BCUT2D eigenvalue weighted by Gasteiger charge is 2.18. The Kier molecular flexibility index (Phi) is 5.20. The summed E-state index contributed by atoms with van der Waals surface area (Å²) in [5.74, 6) is -0.162. The van der Waals surface area contributed by atoms with Crippen molar-refractivity contribution < 1.29 is 17.9 Å². The van der Waals surface area contributed by atoms with Gasteiger partial charge in [0.1, 0.15) is 10.6 Å². The van der Waals surface area contributed by atoms with Crippen molar-refractivity contribution in [3.8, 4) is 5.75 Å². The molecule has 0 aromatic heterocycles. The number of methoxy groups -OCH3 is 1. The van der Waals surface area contributed by atoms with Gasteiger partial charge in [0.25, 0.3) is 9.05 Å². The van der Waals surface area contributed by atoms with E-state index in [1.165, 1.54) is 25.3 Å². The van der Waals surface area contributed by atoms with Crippen LogP contribution in [0.3, 0.4) is 0 Å². The number of carbonyl (C=O) groups excluding carboxylic acids is 1. The van der Waals surface area contributed by atoms with Gasteiger partial charge in [-0.15, -0.1) is 0 Å². The molecule has 1 atom stereocenters. The van der Waals surface area contributed by atoms with E-state index in [4.69, 9.17) is 15.4 Å². The van der Waals surface area contributed by atoms with Gasteiger partial charge >= 0.3 is 0 Å². The maximum Gasteiger partial charge on any atom is 0.264 e. The minimum Gasteiger partial charge on any atom is -0.495 e. The summed E-state index contributed by atoms with van der Waals surface area (Å²) in [6.07, 6.45) is 0.719. The molecule has 19 heavy (non-hydrogen) atoms. The van der Waals surface area contributed by atoms with Crippen molar-refractivity contribution in [2.75, 3.05) is 12.4 Å². The molecule has 1 N–H and O–H groups in total. The van der Waals surface area contributed by atoms with Gasteiger partial charge in [-0.25, -0.2) is 8.42 Å². The van der Waals surface area contributed by atoms with Crippen molar-refractivity contribution >= 4 is 31.3 Å². The first-order valence-corrected chi connectivity index (χ1v) is 8.04. The molecule has 5 nitrogen and oxygen atoms in total. The van der Waals surface area contributed by atoms with Gasteiger partial charge in [0.15, 0.2) is 0 Å². The molecular weight excluding hydrogens is 290 g/mol. The Morgan fingerprint density at radius 2 is 2.11 bits per heavy atom. The minimum absolute atomic E-state index is 0.0944. The molecule has 1 rings (SSSR count). The van der Waals surface area contributed by atoms with E-state index in [2.05, 4.69) is 5.32 Å². The molecule has 0 heterocycles. The Labute approximate surface area is 117 Å². The molecule has 0 radical (unpaired) electrons. The average molecular weight is 306 g/mol. The van der Waals surface area contributed by atoms with Crippen LogP contribution in [-0.4, -0.2) is 21.4 Å². The molecule has 0 saturated heterocycles. The lowest BCUT2D eigenvalue weighted by Crippen LogP contribution is -2.19. The van der Waals surface area contributed by atoms with Gasteiger partial charge in [-0.05, 0) is 18.6 Å². The van der Waals surface area contributed by atoms with Crippen molar-refractivity contribution in [2.45, 2.75) is 25.2 Å². The van der Waals surface area contributed by atoms with E-state index in [1.54, 1.807) is 0 Å². The molecule has 0 aliphatic rings. The summed E-state index contributed by atoms with van der Waals surface area (Å²) in [5.41, 5.74) is 0.464. The summed E-state index contributed by atoms with van der Waals surface area (Å²) < 4.78 is 27.6. The molecule has 106 valence electrons. The van der Waals surface area contributed by atoms with Crippen LogP contribution >= 0.6 is 10.7 Å². The van der Waals surface area contributed by atoms with Gasteiger partial charge in [0, 0.05) is 28.4 Å². The molecule has 0 saturated carbocycles. The van der Waals surface area contributed by atoms with Gasteiger partial charge in [-0.2, -0.15) is 0 Å². The first-order chi connectivity index (χ1) is 8.79. The lowest BCUT2D eigenvalue weighted by molar-refractivity contribution is -0.119. The predicted molar refractivity (Wildman–Crippen MR) is 74.1 cm³/mol. The highest BCUT2D eigenvalue weighted by Crippen LogP contribution is 2.29. The normalized spacial score (nSPS) is 12.8. The van der Waals surface area contributed by atoms with Crippen LogP contribution in [0.4, 0.5) is 5.69 Å². The topological polar surface area (TPSA) is 72.5 Å². The minimum atomic E-state index is -3.88. The largest absolute Gasteiger partial charge is 0.495 e. The Morgan fingerprint density at radius 1 is 1.47 bits per heavy atom. The molecule has 0 bridgehead atoms. The molecule has 1 unspecified atom stereocenters. The summed E-state index contributed by atoms with van der Waals surface area (Å²) in [7, 11) is 2.74. The van der Waals surface area contributed by atoms with Crippen LogP contribution in [-0.2, 0) is 13.8 Å². The average Bonchev–Trinajstić information content (AvgIpc) is 2.36. The van der Waals surface area contributed by atoms with Crippen LogP contribution in [0.15, 0.2) is 23.1 Å². The van der Waals surface area contributed by atoms with Crippen LogP contribution in [0.2, 0.25) is 0 Å². The van der Waals surface area contributed by atoms with E-state index in [0.717, 1.165) is 6.42 Å². The lowest BCUT2D eigenvalue weighted by Gasteiger charge is -2.12. The highest BCUT2D eigenvalue weighted by atomic mass is 35.7. The summed E-state index contributed by atoms with van der Waals surface area (Å²) in [6.45, 7) is 3.72. The number of hydrogen-bond acceptors (Lipinski definition) is 4. The molecule has 1 aromatic rings. The van der Waals surface area contributed by atoms with Crippen LogP contribution in [0.25, 0.3) is 0 Å². The third-order valence-corrected chi connectivity index (χ3v) is 4.12. The molecule has 0 spiro atoms. The van der Waals surface area contributed by atoms with E-state index >= 15 is 0 Å². The molecule has 0 aliphatic carbocycles. The second-order valence-corrected chi connectivity index (χ2v) is 6.64. The molecule has 7 heteroatoms. The Morgan fingerprint density at radius 3 is 2.58 bits per heavy atom. The number of halogens is 1. The third kappa shape index (κ3) is 4.11. The zero-order chi connectivity index (χ0) is 14.6. The lowest BCUT2D eigenvalue weighted by atomic mass is 10.1. The number of benzene rings is 1. The number of nitrogens with one attached hydrogen (secondary N) is 1. The van der Waals surface area contributed by atoms with E-state index in [0.29, 0.717) is 5.69 Å². The van der Waals surface area contributed by atoms with Crippen molar-refractivity contribution in [1.82, 2.24) is 0 Å². The predicted octanol–water partition coefficient (Wildman–Crippen LogP) is 2.61. The number of carbonyl (C=O) groups is 1. The zero-order valence-electron chi connectivity index (χ0n) is 10.9. The zero-order valence-corrected chi connectivity index (χ0v) is 12.5. The van der Waals surface area contributed by atoms with Crippen molar-refractivity contribution in [1.29, 1.82) is 0 Å². The third-order valence-electron chi connectivity index (χ3n) is 2.75. The maximum absolute atomic E-state index is 11.7. The Bertz CT molecular complexity index is 571. The number of ether oxygens (including phenoxy) is 1. The first-order valence-electron chi connectivity index (χ1n) is 5.73. The SMILES string of the molecule is CCC(C)C(=O)Nc1ccc(S(=O)(=O)Cl)c(OC)c1. The Hall–Kier alpha value is -1.27. The smallest absolute Gasteiger partial charge is 0.264 e. The summed E-state index contributed by atoms with van der Waals surface area (Å²) in [4.78, 5) is 11.6. The summed E-state index contributed by atoms with van der Waals surface area (Å²) in [6, 6.07) is 4.20. The van der Waals surface area contributed by atoms with Gasteiger partial charge in [0.05, 0.1) is 7.11 Å². The number of hydrogen-bond donors (Lipinski definition) is 1. The van der Waals surface area contributed by atoms with Crippen molar-refractivity contribution in [3.63, 3.8) is 0 Å².